The van der Waals surface area contributed by atoms with Crippen LogP contribution in [0.25, 0.3) is 0 Å². The monoisotopic (exact) mass is 732 g/mol. The summed E-state index contributed by atoms with van der Waals surface area (Å²) in [5, 5.41) is 49.7. The summed E-state index contributed by atoms with van der Waals surface area (Å²) in [6.07, 6.45) is 8.27. The highest BCUT2D eigenvalue weighted by molar-refractivity contribution is 7.16. The Morgan fingerprint density at radius 2 is 0.667 bits per heavy atom. The largest absolute Gasteiger partial charge is 0.301 e. The summed E-state index contributed by atoms with van der Waals surface area (Å²) < 4.78 is 0. The molecule has 0 spiro atoms. The van der Waals surface area contributed by atoms with Crippen molar-refractivity contribution in [3.8, 4) is 0 Å². The second-order valence-corrected chi connectivity index (χ2v) is 15.7. The van der Waals surface area contributed by atoms with Gasteiger partial charge in [0.1, 0.15) is 20.0 Å². The maximum absolute atomic E-state index is 11.1. The summed E-state index contributed by atoms with van der Waals surface area (Å²) in [4.78, 5) is 44.4. The van der Waals surface area contributed by atoms with Crippen molar-refractivity contribution in [2.24, 2.45) is 0 Å². The fraction of sp³-hybridized carbons (Fsp3) is 0.571. The molecule has 4 aromatic rings. The summed E-state index contributed by atoms with van der Waals surface area (Å²) in [5.41, 5.74) is 0. The molecule has 2 aliphatic rings. The van der Waals surface area contributed by atoms with E-state index in [-0.39, 0.29) is 23.6 Å². The van der Waals surface area contributed by atoms with Gasteiger partial charge in [-0.15, -0.1) is 40.8 Å². The molecule has 4 amide bonds. The fourth-order valence-electron chi connectivity index (χ4n) is 5.68. The zero-order valence-corrected chi connectivity index (χ0v) is 30.1. The van der Waals surface area contributed by atoms with Crippen LogP contribution in [0.15, 0.2) is 0 Å². The third-order valence-corrected chi connectivity index (χ3v) is 11.6. The summed E-state index contributed by atoms with van der Waals surface area (Å²) in [6.45, 7) is 5.83. The Morgan fingerprint density at radius 1 is 0.438 bits per heavy atom. The van der Waals surface area contributed by atoms with Gasteiger partial charge in [0.05, 0.1) is 0 Å². The van der Waals surface area contributed by atoms with E-state index in [0.29, 0.717) is 44.2 Å². The molecule has 0 radical (unpaired) electrons. The van der Waals surface area contributed by atoms with Crippen molar-refractivity contribution in [1.29, 1.82) is 0 Å². The second kappa shape index (κ2) is 16.5. The molecule has 2 saturated carbocycles. The van der Waals surface area contributed by atoms with Crippen LogP contribution in [0.1, 0.15) is 123 Å². The standard InChI is InChI=1S/2C14H18N6O2S2/c2*1-7(21)15-13-19-17-11(23-13)9-4-3-5-10(6-9)12-18-20-14(24-12)16-8(2)22/h2*9-10H,3-6H2,1-2H3,(H,15,19,21)(H,16,20,22)/t2*9-,10-/m10/s1. The molecule has 0 unspecified atom stereocenters. The van der Waals surface area contributed by atoms with Gasteiger partial charge >= 0.3 is 0 Å². The molecule has 0 aromatic carbocycles. The van der Waals surface area contributed by atoms with Crippen LogP contribution in [0, 0.1) is 0 Å². The molecule has 0 aliphatic heterocycles. The molecule has 0 saturated heterocycles. The van der Waals surface area contributed by atoms with Crippen LogP contribution in [0.3, 0.4) is 0 Å². The van der Waals surface area contributed by atoms with Crippen molar-refractivity contribution in [1.82, 2.24) is 40.8 Å². The predicted octanol–water partition coefficient (Wildman–Crippen LogP) is 5.50. The number of aromatic nitrogens is 8. The van der Waals surface area contributed by atoms with Crippen LogP contribution >= 0.6 is 45.3 Å². The minimum atomic E-state index is -0.140. The van der Waals surface area contributed by atoms with Crippen LogP contribution in [0.5, 0.6) is 0 Å². The lowest BCUT2D eigenvalue weighted by molar-refractivity contribution is -0.115. The highest BCUT2D eigenvalue weighted by atomic mass is 32.1. The average Bonchev–Trinajstić information content (AvgIpc) is 3.85. The number of hydrogen-bond donors (Lipinski definition) is 4. The van der Waals surface area contributed by atoms with E-state index in [9.17, 15) is 19.2 Å². The topological polar surface area (TPSA) is 220 Å². The molecule has 2 aliphatic carbocycles. The molecular weight excluding hydrogens is 697 g/mol. The lowest BCUT2D eigenvalue weighted by atomic mass is 9.82. The lowest BCUT2D eigenvalue weighted by Crippen LogP contribution is -2.12. The highest BCUT2D eigenvalue weighted by Gasteiger charge is 2.30. The lowest BCUT2D eigenvalue weighted by Gasteiger charge is -2.25. The number of carbonyl (C=O) groups excluding carboxylic acids is 4. The maximum Gasteiger partial charge on any atom is 0.223 e. The second-order valence-electron chi connectivity index (χ2n) is 11.6. The van der Waals surface area contributed by atoms with E-state index in [0.717, 1.165) is 71.4 Å². The summed E-state index contributed by atoms with van der Waals surface area (Å²) in [7, 11) is 0. The number of amides is 4. The third-order valence-electron chi connectivity index (χ3n) is 7.64. The van der Waals surface area contributed by atoms with Crippen LogP contribution < -0.4 is 21.3 Å². The predicted molar refractivity (Wildman–Crippen MR) is 185 cm³/mol. The molecule has 0 bridgehead atoms. The van der Waals surface area contributed by atoms with Gasteiger partial charge in [-0.2, -0.15) is 0 Å². The number of hydrogen-bond acceptors (Lipinski definition) is 16. The Morgan fingerprint density at radius 3 is 0.875 bits per heavy atom. The quantitative estimate of drug-likeness (QED) is 0.177. The average molecular weight is 733 g/mol. The molecule has 6 rings (SSSR count). The number of nitrogens with zero attached hydrogens (tertiary/aromatic N) is 8. The number of nitrogens with one attached hydrogen (secondary N) is 4. The van der Waals surface area contributed by atoms with Crippen LogP contribution in [0.4, 0.5) is 20.5 Å². The summed E-state index contributed by atoms with van der Waals surface area (Å²) in [5.74, 6) is 0.705. The maximum atomic E-state index is 11.1. The third kappa shape index (κ3) is 10.1. The van der Waals surface area contributed by atoms with Gasteiger partial charge < -0.3 is 21.3 Å². The van der Waals surface area contributed by atoms with Gasteiger partial charge in [-0.25, -0.2) is 0 Å². The molecule has 4 N–H and O–H groups in total. The van der Waals surface area contributed by atoms with Crippen LogP contribution in [-0.4, -0.2) is 64.4 Å². The van der Waals surface area contributed by atoms with E-state index in [1.165, 1.54) is 73.0 Å². The highest BCUT2D eigenvalue weighted by Crippen LogP contribution is 2.44. The Labute approximate surface area is 292 Å². The fourth-order valence-corrected chi connectivity index (χ4v) is 9.43. The van der Waals surface area contributed by atoms with Gasteiger partial charge in [0.2, 0.25) is 44.2 Å². The van der Waals surface area contributed by atoms with Gasteiger partial charge in [-0.3, -0.25) is 19.2 Å². The number of rotatable bonds is 8. The van der Waals surface area contributed by atoms with Crippen molar-refractivity contribution < 1.29 is 19.2 Å². The number of anilines is 4. The van der Waals surface area contributed by atoms with Crippen LogP contribution in [0.2, 0.25) is 0 Å². The van der Waals surface area contributed by atoms with E-state index in [1.807, 2.05) is 0 Å². The Hall–Kier alpha value is -3.88. The molecule has 48 heavy (non-hydrogen) atoms. The van der Waals surface area contributed by atoms with Gasteiger partial charge in [-0.05, 0) is 38.5 Å². The van der Waals surface area contributed by atoms with Gasteiger partial charge in [0.15, 0.2) is 0 Å². The molecular formula is C28H36N12O4S4. The SMILES string of the molecule is CC(=O)Nc1nnc([C@@H]2CCC[C@@H](c3nnc(NC(C)=O)s3)C2)s1.CC(=O)Nc1nnc([C@H]2CCC[C@H](c3nnc(NC(C)=O)s3)C2)s1. The van der Waals surface area contributed by atoms with Gasteiger partial charge in [0.25, 0.3) is 0 Å². The zero-order valence-electron chi connectivity index (χ0n) is 26.8. The van der Waals surface area contributed by atoms with Crippen molar-refractivity contribution in [2.45, 2.75) is 103 Å². The molecule has 16 nitrogen and oxygen atoms in total. The van der Waals surface area contributed by atoms with Crippen molar-refractivity contribution in [2.75, 3.05) is 21.3 Å². The van der Waals surface area contributed by atoms with Crippen molar-refractivity contribution >= 4 is 89.5 Å². The Bertz CT molecular complexity index is 1490. The first-order valence-electron chi connectivity index (χ1n) is 15.5. The minimum Gasteiger partial charge on any atom is -0.301 e. The summed E-state index contributed by atoms with van der Waals surface area (Å²) >= 11 is 5.74. The Kier molecular flexibility index (Phi) is 12.2. The van der Waals surface area contributed by atoms with Gasteiger partial charge in [-0.1, -0.05) is 58.2 Å². The molecule has 4 aromatic heterocycles. The molecule has 256 valence electrons. The zero-order chi connectivity index (χ0) is 34.2. The Balaban J connectivity index is 0.000000188. The summed E-state index contributed by atoms with van der Waals surface area (Å²) in [6, 6.07) is 0. The van der Waals surface area contributed by atoms with E-state index in [4.69, 9.17) is 0 Å². The molecule has 2 fully saturated rings. The van der Waals surface area contributed by atoms with E-state index >= 15 is 0 Å². The minimum absolute atomic E-state index is 0.140. The van der Waals surface area contributed by atoms with Crippen molar-refractivity contribution in [3.63, 3.8) is 0 Å². The molecule has 4 atom stereocenters. The smallest absolute Gasteiger partial charge is 0.223 e. The molecule has 20 heteroatoms. The number of carbonyl (C=O) groups is 4. The first-order valence-corrected chi connectivity index (χ1v) is 18.7. The van der Waals surface area contributed by atoms with E-state index in [2.05, 4.69) is 62.1 Å². The van der Waals surface area contributed by atoms with Crippen LogP contribution in [-0.2, 0) is 19.2 Å². The molecule has 4 heterocycles. The normalized spacial score (nSPS) is 20.6. The van der Waals surface area contributed by atoms with Crippen molar-refractivity contribution in [3.05, 3.63) is 20.0 Å². The first kappa shape index (κ1) is 35.4. The van der Waals surface area contributed by atoms with E-state index < -0.39 is 0 Å². The first-order chi connectivity index (χ1) is 23.0. The van der Waals surface area contributed by atoms with Gasteiger partial charge in [0, 0.05) is 51.4 Å². The van der Waals surface area contributed by atoms with E-state index in [1.54, 1.807) is 0 Å².